The summed E-state index contributed by atoms with van der Waals surface area (Å²) in [5, 5.41) is 8.68. The Bertz CT molecular complexity index is 1040. The van der Waals surface area contributed by atoms with E-state index in [0.29, 0.717) is 18.7 Å². The summed E-state index contributed by atoms with van der Waals surface area (Å²) >= 11 is 0. The van der Waals surface area contributed by atoms with Crippen LogP contribution < -0.4 is 5.32 Å². The highest BCUT2D eigenvalue weighted by Crippen LogP contribution is 2.32. The molecule has 0 radical (unpaired) electrons. The van der Waals surface area contributed by atoms with Crippen molar-refractivity contribution < 1.29 is 8.42 Å². The fourth-order valence-electron chi connectivity index (χ4n) is 3.43. The first-order valence-electron chi connectivity index (χ1n) is 8.60. The van der Waals surface area contributed by atoms with Crippen molar-refractivity contribution in [1.82, 2.24) is 19.7 Å². The van der Waals surface area contributed by atoms with Gasteiger partial charge < -0.3 is 5.32 Å². The minimum Gasteiger partial charge on any atom is -0.367 e. The third-order valence-electron chi connectivity index (χ3n) is 5.02. The van der Waals surface area contributed by atoms with Crippen molar-refractivity contribution in [3.05, 3.63) is 42.9 Å². The maximum atomic E-state index is 12.2. The van der Waals surface area contributed by atoms with Gasteiger partial charge in [-0.1, -0.05) is 18.2 Å². The van der Waals surface area contributed by atoms with Crippen LogP contribution in [0.15, 0.2) is 42.9 Å². The number of fused-ring (bicyclic) bond motifs is 1. The lowest BCUT2D eigenvalue weighted by Gasteiger charge is -2.35. The Morgan fingerprint density at radius 2 is 1.96 bits per heavy atom. The topological polar surface area (TPSA) is 89.8 Å². The van der Waals surface area contributed by atoms with Crippen LogP contribution in [0.4, 0.5) is 5.82 Å². The number of anilines is 1. The van der Waals surface area contributed by atoms with Gasteiger partial charge in [0.25, 0.3) is 0 Å². The Morgan fingerprint density at radius 1 is 1.19 bits per heavy atom. The SMILES string of the molecule is CC1(C)CC(Nc2ncnc3c2cnn3-c2ccccc2)CCS1(=O)=O. The van der Waals surface area contributed by atoms with E-state index in [1.165, 1.54) is 6.33 Å². The van der Waals surface area contributed by atoms with Gasteiger partial charge in [0, 0.05) is 6.04 Å². The van der Waals surface area contributed by atoms with Crippen molar-refractivity contribution in [1.29, 1.82) is 0 Å². The Hall–Kier alpha value is -2.48. The number of nitrogens with zero attached hydrogens (tertiary/aromatic N) is 4. The third-order valence-corrected chi connectivity index (χ3v) is 7.65. The molecule has 0 saturated carbocycles. The Balaban J connectivity index is 1.65. The molecule has 3 heterocycles. The molecule has 1 saturated heterocycles. The van der Waals surface area contributed by atoms with Crippen molar-refractivity contribution >= 4 is 26.7 Å². The molecule has 1 aliphatic rings. The number of rotatable bonds is 3. The zero-order chi connectivity index (χ0) is 18.4. The van der Waals surface area contributed by atoms with E-state index in [-0.39, 0.29) is 11.8 Å². The summed E-state index contributed by atoms with van der Waals surface area (Å²) in [5.74, 6) is 0.882. The summed E-state index contributed by atoms with van der Waals surface area (Å²) in [7, 11) is -3.05. The van der Waals surface area contributed by atoms with Crippen LogP contribution in [0.2, 0.25) is 0 Å². The van der Waals surface area contributed by atoms with Crippen molar-refractivity contribution in [2.45, 2.75) is 37.5 Å². The van der Waals surface area contributed by atoms with Crippen LogP contribution in [0, 0.1) is 0 Å². The quantitative estimate of drug-likeness (QED) is 0.761. The normalized spacial score (nSPS) is 21.5. The van der Waals surface area contributed by atoms with Gasteiger partial charge in [0.15, 0.2) is 15.5 Å². The molecule has 1 aliphatic heterocycles. The molecule has 26 heavy (non-hydrogen) atoms. The number of benzene rings is 1. The van der Waals surface area contributed by atoms with Gasteiger partial charge in [-0.05, 0) is 38.8 Å². The molecular weight excluding hydrogens is 350 g/mol. The maximum absolute atomic E-state index is 12.2. The van der Waals surface area contributed by atoms with Crippen molar-refractivity contribution in [2.24, 2.45) is 0 Å². The smallest absolute Gasteiger partial charge is 0.168 e. The van der Waals surface area contributed by atoms with Gasteiger partial charge in [-0.3, -0.25) is 0 Å². The van der Waals surface area contributed by atoms with E-state index in [0.717, 1.165) is 16.7 Å². The fraction of sp³-hybridized carbons (Fsp3) is 0.389. The van der Waals surface area contributed by atoms with Crippen LogP contribution in [-0.2, 0) is 9.84 Å². The standard InChI is InChI=1S/C18H21N5O2S/c1-18(2)10-13(8-9-26(18,24)25)22-16-15-11-21-23(17(15)20-12-19-16)14-6-4-3-5-7-14/h3-7,11-13H,8-10H2,1-2H3,(H,19,20,22). The molecule has 1 unspecified atom stereocenters. The van der Waals surface area contributed by atoms with Crippen LogP contribution in [0.1, 0.15) is 26.7 Å². The van der Waals surface area contributed by atoms with Crippen LogP contribution in [0.25, 0.3) is 16.7 Å². The van der Waals surface area contributed by atoms with E-state index in [1.807, 2.05) is 30.3 Å². The minimum absolute atomic E-state index is 0.0479. The van der Waals surface area contributed by atoms with Crippen molar-refractivity contribution in [3.8, 4) is 5.69 Å². The predicted molar refractivity (Wildman–Crippen MR) is 101 cm³/mol. The van der Waals surface area contributed by atoms with Crippen molar-refractivity contribution in [2.75, 3.05) is 11.1 Å². The second-order valence-electron chi connectivity index (χ2n) is 7.26. The van der Waals surface area contributed by atoms with Gasteiger partial charge in [0.1, 0.15) is 12.1 Å². The highest BCUT2D eigenvalue weighted by Gasteiger charge is 2.41. The van der Waals surface area contributed by atoms with Crippen molar-refractivity contribution in [3.63, 3.8) is 0 Å². The molecule has 0 spiro atoms. The van der Waals surface area contributed by atoms with E-state index in [1.54, 1.807) is 24.7 Å². The van der Waals surface area contributed by atoms with E-state index in [9.17, 15) is 8.42 Å². The zero-order valence-electron chi connectivity index (χ0n) is 14.8. The second-order valence-corrected chi connectivity index (χ2v) is 10.0. The van der Waals surface area contributed by atoms with Gasteiger partial charge in [0.05, 0.1) is 27.8 Å². The molecule has 1 fully saturated rings. The monoisotopic (exact) mass is 371 g/mol. The Kier molecular flexibility index (Phi) is 3.95. The molecule has 3 aromatic rings. The summed E-state index contributed by atoms with van der Waals surface area (Å²) < 4.78 is 25.5. The average Bonchev–Trinajstić information content (AvgIpc) is 3.04. The number of para-hydroxylation sites is 1. The summed E-state index contributed by atoms with van der Waals surface area (Å²) in [6, 6.07) is 9.84. The molecule has 0 amide bonds. The van der Waals surface area contributed by atoms with Crippen LogP contribution in [0.3, 0.4) is 0 Å². The van der Waals surface area contributed by atoms with Gasteiger partial charge in [-0.2, -0.15) is 5.10 Å². The molecule has 7 nitrogen and oxygen atoms in total. The lowest BCUT2D eigenvalue weighted by molar-refractivity contribution is 0.462. The maximum Gasteiger partial charge on any atom is 0.168 e. The summed E-state index contributed by atoms with van der Waals surface area (Å²) in [4.78, 5) is 8.74. The van der Waals surface area contributed by atoms with E-state index >= 15 is 0 Å². The Labute approximate surface area is 152 Å². The number of aromatic nitrogens is 4. The van der Waals surface area contributed by atoms with Crippen LogP contribution >= 0.6 is 0 Å². The molecule has 1 N–H and O–H groups in total. The first-order valence-corrected chi connectivity index (χ1v) is 10.3. The fourth-order valence-corrected chi connectivity index (χ4v) is 5.03. The molecule has 2 aromatic heterocycles. The molecule has 0 aliphatic carbocycles. The minimum atomic E-state index is -3.05. The first-order chi connectivity index (χ1) is 12.4. The van der Waals surface area contributed by atoms with Crippen LogP contribution in [0.5, 0.6) is 0 Å². The summed E-state index contributed by atoms with van der Waals surface area (Å²) in [6.07, 6.45) is 4.38. The van der Waals surface area contributed by atoms with Gasteiger partial charge >= 0.3 is 0 Å². The van der Waals surface area contributed by atoms with Gasteiger partial charge in [0.2, 0.25) is 0 Å². The lowest BCUT2D eigenvalue weighted by atomic mass is 10.00. The molecular formula is C18H21N5O2S. The molecule has 8 heteroatoms. The molecule has 136 valence electrons. The average molecular weight is 371 g/mol. The highest BCUT2D eigenvalue weighted by atomic mass is 32.2. The first kappa shape index (κ1) is 17.0. The molecule has 4 rings (SSSR count). The Morgan fingerprint density at radius 3 is 2.69 bits per heavy atom. The highest BCUT2D eigenvalue weighted by molar-refractivity contribution is 7.92. The number of hydrogen-bond acceptors (Lipinski definition) is 6. The number of nitrogens with one attached hydrogen (secondary N) is 1. The number of hydrogen-bond donors (Lipinski definition) is 1. The van der Waals surface area contributed by atoms with E-state index < -0.39 is 14.6 Å². The van der Waals surface area contributed by atoms with E-state index in [4.69, 9.17) is 0 Å². The zero-order valence-corrected chi connectivity index (χ0v) is 15.6. The summed E-state index contributed by atoms with van der Waals surface area (Å²) in [6.45, 7) is 3.58. The van der Waals surface area contributed by atoms with Gasteiger partial charge in [-0.15, -0.1) is 0 Å². The molecule has 0 bridgehead atoms. The molecule has 1 aromatic carbocycles. The van der Waals surface area contributed by atoms with Crippen LogP contribution in [-0.4, -0.2) is 44.7 Å². The molecule has 1 atom stereocenters. The second kappa shape index (κ2) is 6.05. The lowest BCUT2D eigenvalue weighted by Crippen LogP contribution is -2.45. The number of sulfone groups is 1. The van der Waals surface area contributed by atoms with Gasteiger partial charge in [-0.25, -0.2) is 23.1 Å². The summed E-state index contributed by atoms with van der Waals surface area (Å²) in [5.41, 5.74) is 1.65. The van der Waals surface area contributed by atoms with E-state index in [2.05, 4.69) is 20.4 Å². The predicted octanol–water partition coefficient (Wildman–Crippen LogP) is 2.58. The largest absolute Gasteiger partial charge is 0.367 e. The third kappa shape index (κ3) is 2.84.